The molecule has 1 saturated carbocycles. The predicted molar refractivity (Wildman–Crippen MR) is 101 cm³/mol. The first-order valence-electron chi connectivity index (χ1n) is 9.60. The number of fused-ring (bicyclic) bond motifs is 1. The van der Waals surface area contributed by atoms with E-state index in [4.69, 9.17) is 9.84 Å². The van der Waals surface area contributed by atoms with Crippen LogP contribution in [0.15, 0.2) is 23.8 Å². The van der Waals surface area contributed by atoms with E-state index in [-0.39, 0.29) is 5.92 Å². The SMILES string of the molecule is O=C(O)C1CN(CC2=Cc3ccc(C#CC4CCCCC4)cc3OC2)C1. The van der Waals surface area contributed by atoms with Gasteiger partial charge in [-0.25, -0.2) is 0 Å². The first-order valence-corrected chi connectivity index (χ1v) is 9.60. The summed E-state index contributed by atoms with van der Waals surface area (Å²) < 4.78 is 5.93. The van der Waals surface area contributed by atoms with Crippen molar-refractivity contribution >= 4 is 12.0 Å². The van der Waals surface area contributed by atoms with Gasteiger partial charge in [0.15, 0.2) is 0 Å². The van der Waals surface area contributed by atoms with Crippen LogP contribution < -0.4 is 4.74 Å². The molecule has 4 heteroatoms. The minimum atomic E-state index is -0.692. The summed E-state index contributed by atoms with van der Waals surface area (Å²) in [6.07, 6.45) is 8.62. The van der Waals surface area contributed by atoms with Crippen molar-refractivity contribution in [3.05, 3.63) is 34.9 Å². The van der Waals surface area contributed by atoms with Gasteiger partial charge in [-0.2, -0.15) is 0 Å². The normalized spacial score (nSPS) is 20.8. The average Bonchev–Trinajstić information content (AvgIpc) is 2.63. The fourth-order valence-corrected chi connectivity index (χ4v) is 3.95. The average molecular weight is 351 g/mol. The molecule has 0 amide bonds. The topological polar surface area (TPSA) is 49.8 Å². The highest BCUT2D eigenvalue weighted by Crippen LogP contribution is 2.29. The summed E-state index contributed by atoms with van der Waals surface area (Å²) in [5.74, 6) is 7.31. The van der Waals surface area contributed by atoms with E-state index in [0.29, 0.717) is 25.6 Å². The maximum absolute atomic E-state index is 10.9. The molecule has 0 radical (unpaired) electrons. The number of carbonyl (C=O) groups is 1. The van der Waals surface area contributed by atoms with E-state index >= 15 is 0 Å². The number of hydrogen-bond acceptors (Lipinski definition) is 3. The Bertz CT molecular complexity index is 774. The molecule has 1 N–H and O–H groups in total. The number of ether oxygens (including phenoxy) is 1. The summed E-state index contributed by atoms with van der Waals surface area (Å²) in [5, 5.41) is 8.96. The van der Waals surface area contributed by atoms with Crippen molar-refractivity contribution < 1.29 is 14.6 Å². The summed E-state index contributed by atoms with van der Waals surface area (Å²) in [5.41, 5.74) is 3.31. The number of nitrogens with zero attached hydrogens (tertiary/aromatic N) is 1. The quantitative estimate of drug-likeness (QED) is 0.848. The zero-order valence-corrected chi connectivity index (χ0v) is 15.0. The Morgan fingerprint density at radius 2 is 2.04 bits per heavy atom. The molecule has 136 valence electrons. The highest BCUT2D eigenvalue weighted by Gasteiger charge is 2.32. The lowest BCUT2D eigenvalue weighted by atomic mass is 9.89. The van der Waals surface area contributed by atoms with Crippen molar-refractivity contribution in [3.8, 4) is 17.6 Å². The lowest BCUT2D eigenvalue weighted by Gasteiger charge is -2.37. The fourth-order valence-electron chi connectivity index (χ4n) is 3.95. The second kappa shape index (κ2) is 7.55. The van der Waals surface area contributed by atoms with Crippen LogP contribution in [-0.4, -0.2) is 42.2 Å². The van der Waals surface area contributed by atoms with E-state index in [1.165, 1.54) is 37.7 Å². The minimum absolute atomic E-state index is 0.210. The highest BCUT2D eigenvalue weighted by atomic mass is 16.5. The van der Waals surface area contributed by atoms with Gasteiger partial charge >= 0.3 is 5.97 Å². The van der Waals surface area contributed by atoms with Crippen LogP contribution in [-0.2, 0) is 4.79 Å². The van der Waals surface area contributed by atoms with Gasteiger partial charge in [-0.1, -0.05) is 37.2 Å². The van der Waals surface area contributed by atoms with E-state index in [0.717, 1.165) is 23.4 Å². The van der Waals surface area contributed by atoms with E-state index in [1.54, 1.807) is 0 Å². The smallest absolute Gasteiger partial charge is 0.309 e. The Kier molecular flexibility index (Phi) is 4.99. The van der Waals surface area contributed by atoms with Crippen LogP contribution in [0.4, 0.5) is 0 Å². The van der Waals surface area contributed by atoms with Crippen molar-refractivity contribution in [1.29, 1.82) is 0 Å². The van der Waals surface area contributed by atoms with Crippen LogP contribution in [0.25, 0.3) is 6.08 Å². The maximum atomic E-state index is 10.9. The standard InChI is InChI=1S/C22H25NO3/c24-22(25)20-13-23(14-20)12-18-10-19-9-8-17(11-21(19)26-15-18)7-6-16-4-2-1-3-5-16/h8-11,16,20H,1-5,12-15H2,(H,24,25). The molecule has 26 heavy (non-hydrogen) atoms. The number of hydrogen-bond donors (Lipinski definition) is 1. The van der Waals surface area contributed by atoms with Gasteiger partial charge in [-0.05, 0) is 36.6 Å². The Balaban J connectivity index is 1.38. The van der Waals surface area contributed by atoms with Gasteiger partial charge in [0.1, 0.15) is 12.4 Å². The molecule has 1 aromatic carbocycles. The lowest BCUT2D eigenvalue weighted by Crippen LogP contribution is -2.51. The van der Waals surface area contributed by atoms with Crippen LogP contribution in [0.5, 0.6) is 5.75 Å². The van der Waals surface area contributed by atoms with Crippen molar-refractivity contribution in [3.63, 3.8) is 0 Å². The van der Waals surface area contributed by atoms with E-state index in [9.17, 15) is 4.79 Å². The highest BCUT2D eigenvalue weighted by molar-refractivity contribution is 5.71. The molecular weight excluding hydrogens is 326 g/mol. The number of likely N-dealkylation sites (tertiary alicyclic amines) is 1. The van der Waals surface area contributed by atoms with Gasteiger partial charge in [-0.3, -0.25) is 9.69 Å². The molecule has 2 fully saturated rings. The van der Waals surface area contributed by atoms with Gasteiger partial charge < -0.3 is 9.84 Å². The molecule has 0 spiro atoms. The largest absolute Gasteiger partial charge is 0.489 e. The first-order chi connectivity index (χ1) is 12.7. The van der Waals surface area contributed by atoms with Gasteiger partial charge in [0.05, 0.1) is 5.92 Å². The molecule has 0 atom stereocenters. The van der Waals surface area contributed by atoms with E-state index < -0.39 is 5.97 Å². The minimum Gasteiger partial charge on any atom is -0.489 e. The fraction of sp³-hybridized carbons (Fsp3) is 0.500. The Labute approximate surface area is 154 Å². The van der Waals surface area contributed by atoms with Crippen LogP contribution in [0.1, 0.15) is 43.2 Å². The van der Waals surface area contributed by atoms with Gasteiger partial charge in [0.2, 0.25) is 0 Å². The molecule has 0 aromatic heterocycles. The van der Waals surface area contributed by atoms with E-state index in [2.05, 4.69) is 34.9 Å². The number of rotatable bonds is 3. The molecule has 0 bridgehead atoms. The number of carboxylic acids is 1. The third-order valence-electron chi connectivity index (χ3n) is 5.55. The third-order valence-corrected chi connectivity index (χ3v) is 5.55. The van der Waals surface area contributed by atoms with E-state index in [1.807, 2.05) is 6.07 Å². The second-order valence-corrected chi connectivity index (χ2v) is 7.68. The third kappa shape index (κ3) is 3.94. The molecule has 0 unspecified atom stereocenters. The van der Waals surface area contributed by atoms with Crippen LogP contribution >= 0.6 is 0 Å². The van der Waals surface area contributed by atoms with Crippen molar-refractivity contribution in [2.24, 2.45) is 11.8 Å². The summed E-state index contributed by atoms with van der Waals surface area (Å²) in [7, 11) is 0. The van der Waals surface area contributed by atoms with Crippen LogP contribution in [0, 0.1) is 23.7 Å². The van der Waals surface area contributed by atoms with Crippen molar-refractivity contribution in [2.45, 2.75) is 32.1 Å². The van der Waals surface area contributed by atoms with Gasteiger partial charge in [0, 0.05) is 36.7 Å². The summed E-state index contributed by atoms with van der Waals surface area (Å²) >= 11 is 0. The molecule has 4 rings (SSSR count). The van der Waals surface area contributed by atoms with Crippen LogP contribution in [0.3, 0.4) is 0 Å². The molecule has 3 aliphatic rings. The molecule has 2 aliphatic heterocycles. The van der Waals surface area contributed by atoms with Gasteiger partial charge in [-0.15, -0.1) is 0 Å². The number of carboxylic acid groups (broad SMARTS) is 1. The molecule has 1 saturated heterocycles. The Morgan fingerprint density at radius 1 is 1.23 bits per heavy atom. The van der Waals surface area contributed by atoms with Gasteiger partial charge in [0.25, 0.3) is 0 Å². The van der Waals surface area contributed by atoms with Crippen molar-refractivity contribution in [2.75, 3.05) is 26.2 Å². The molecular formula is C22H25NO3. The lowest BCUT2D eigenvalue weighted by molar-refractivity contribution is -0.147. The molecule has 2 heterocycles. The number of aliphatic carboxylic acids is 1. The second-order valence-electron chi connectivity index (χ2n) is 7.68. The zero-order valence-electron chi connectivity index (χ0n) is 15.0. The van der Waals surface area contributed by atoms with Crippen molar-refractivity contribution in [1.82, 2.24) is 4.90 Å². The molecule has 4 nitrogen and oxygen atoms in total. The summed E-state index contributed by atoms with van der Waals surface area (Å²) in [6.45, 7) is 2.62. The molecule has 1 aliphatic carbocycles. The van der Waals surface area contributed by atoms with Crippen LogP contribution in [0.2, 0.25) is 0 Å². The zero-order chi connectivity index (χ0) is 17.9. The summed E-state index contributed by atoms with van der Waals surface area (Å²) in [4.78, 5) is 13.0. The number of benzene rings is 1. The monoisotopic (exact) mass is 351 g/mol. The first kappa shape index (κ1) is 17.2. The Morgan fingerprint density at radius 3 is 2.81 bits per heavy atom. The maximum Gasteiger partial charge on any atom is 0.309 e. The predicted octanol–water partition coefficient (Wildman–Crippen LogP) is 3.41. The Hall–Kier alpha value is -2.25. The summed E-state index contributed by atoms with van der Waals surface area (Å²) in [6, 6.07) is 6.19. The molecule has 1 aromatic rings.